The zero-order valence-corrected chi connectivity index (χ0v) is 11.1. The zero-order valence-electron chi connectivity index (χ0n) is 11.1. The third kappa shape index (κ3) is 2.74. The lowest BCUT2D eigenvalue weighted by Gasteiger charge is -2.23. The molecule has 1 heterocycles. The average molecular weight is 260 g/mol. The Hall–Kier alpha value is -1.94. The molecule has 100 valence electrons. The Labute approximate surface area is 112 Å². The van der Waals surface area contributed by atoms with Crippen LogP contribution in [0.5, 0.6) is 0 Å². The molecule has 0 unspecified atom stereocenters. The number of benzene rings is 1. The number of halogens is 1. The van der Waals surface area contributed by atoms with Crippen LogP contribution in [0.15, 0.2) is 36.5 Å². The van der Waals surface area contributed by atoms with Crippen molar-refractivity contribution in [1.29, 1.82) is 0 Å². The lowest BCUT2D eigenvalue weighted by atomic mass is 10.2. The van der Waals surface area contributed by atoms with E-state index in [-0.39, 0.29) is 18.0 Å². The van der Waals surface area contributed by atoms with E-state index in [2.05, 4.69) is 4.98 Å². The number of hydrogen-bond donors (Lipinski definition) is 1. The number of pyridine rings is 1. The van der Waals surface area contributed by atoms with E-state index in [0.29, 0.717) is 6.54 Å². The number of aliphatic hydroxyl groups is 1. The van der Waals surface area contributed by atoms with Gasteiger partial charge in [-0.15, -0.1) is 0 Å². The summed E-state index contributed by atoms with van der Waals surface area (Å²) in [4.78, 5) is 5.88. The van der Waals surface area contributed by atoms with E-state index >= 15 is 0 Å². The van der Waals surface area contributed by atoms with Crippen LogP contribution in [-0.2, 0) is 6.61 Å². The predicted molar refractivity (Wildman–Crippen MR) is 74.0 cm³/mol. The number of aromatic nitrogens is 1. The lowest BCUT2D eigenvalue weighted by molar-refractivity contribution is 0.275. The number of hydrogen-bond acceptors (Lipinski definition) is 3. The van der Waals surface area contributed by atoms with Crippen LogP contribution >= 0.6 is 0 Å². The number of aryl methyl sites for hydroxylation is 1. The molecule has 0 aliphatic carbocycles. The first-order chi connectivity index (χ1) is 9.17. The number of rotatable bonds is 4. The molecule has 3 nitrogen and oxygen atoms in total. The summed E-state index contributed by atoms with van der Waals surface area (Å²) in [6.07, 6.45) is 1.51. The minimum absolute atomic E-state index is 0.248. The smallest absolute Gasteiger partial charge is 0.171 e. The van der Waals surface area contributed by atoms with Crippen molar-refractivity contribution in [2.75, 3.05) is 11.4 Å². The van der Waals surface area contributed by atoms with Crippen molar-refractivity contribution in [3.05, 3.63) is 53.5 Å². The molecule has 2 aromatic rings. The molecule has 0 atom stereocenters. The quantitative estimate of drug-likeness (QED) is 0.917. The van der Waals surface area contributed by atoms with Gasteiger partial charge in [-0.2, -0.15) is 0 Å². The molecule has 0 bridgehead atoms. The SMILES string of the molecule is CCN(c1ccc(C)cc1)c1nccc(CO)c1F. The molecule has 0 saturated heterocycles. The summed E-state index contributed by atoms with van der Waals surface area (Å²) < 4.78 is 14.2. The summed E-state index contributed by atoms with van der Waals surface area (Å²) in [7, 11) is 0. The summed E-state index contributed by atoms with van der Waals surface area (Å²) in [5.74, 6) is -0.217. The molecule has 1 aromatic carbocycles. The fourth-order valence-corrected chi connectivity index (χ4v) is 1.96. The van der Waals surface area contributed by atoms with E-state index in [1.165, 1.54) is 12.3 Å². The Morgan fingerprint density at radius 2 is 1.89 bits per heavy atom. The standard InChI is InChI=1S/C15H17FN2O/c1-3-18(13-6-4-11(2)5-7-13)15-14(16)12(10-19)8-9-17-15/h4-9,19H,3,10H2,1-2H3. The second-order valence-electron chi connectivity index (χ2n) is 4.35. The molecular weight excluding hydrogens is 243 g/mol. The molecule has 1 aromatic heterocycles. The Kier molecular flexibility index (Phi) is 4.12. The molecule has 0 spiro atoms. The molecule has 19 heavy (non-hydrogen) atoms. The molecule has 2 rings (SSSR count). The predicted octanol–water partition coefficient (Wildman–Crippen LogP) is 3.18. The van der Waals surface area contributed by atoms with Crippen LogP contribution in [0.25, 0.3) is 0 Å². The highest BCUT2D eigenvalue weighted by Crippen LogP contribution is 2.27. The van der Waals surface area contributed by atoms with E-state index in [1.807, 2.05) is 38.1 Å². The van der Waals surface area contributed by atoms with Gasteiger partial charge in [0.1, 0.15) is 0 Å². The Morgan fingerprint density at radius 3 is 2.47 bits per heavy atom. The van der Waals surface area contributed by atoms with Gasteiger partial charge in [0.15, 0.2) is 11.6 Å². The van der Waals surface area contributed by atoms with Crippen LogP contribution in [0, 0.1) is 12.7 Å². The van der Waals surface area contributed by atoms with Crippen LogP contribution in [0.4, 0.5) is 15.9 Å². The summed E-state index contributed by atoms with van der Waals surface area (Å²) in [5.41, 5.74) is 2.29. The maximum Gasteiger partial charge on any atom is 0.171 e. The van der Waals surface area contributed by atoms with E-state index in [9.17, 15) is 4.39 Å². The Morgan fingerprint density at radius 1 is 1.21 bits per heavy atom. The van der Waals surface area contributed by atoms with E-state index in [0.717, 1.165) is 11.3 Å². The molecule has 0 amide bonds. The molecular formula is C15H17FN2O. The maximum absolute atomic E-state index is 14.2. The van der Waals surface area contributed by atoms with Crippen LogP contribution in [0.3, 0.4) is 0 Å². The van der Waals surface area contributed by atoms with Crippen LogP contribution < -0.4 is 4.90 Å². The van der Waals surface area contributed by atoms with Crippen molar-refractivity contribution in [3.8, 4) is 0 Å². The molecule has 4 heteroatoms. The number of anilines is 2. The van der Waals surface area contributed by atoms with Gasteiger partial charge in [0, 0.05) is 24.0 Å². The summed E-state index contributed by atoms with van der Waals surface area (Å²) in [5, 5.41) is 9.12. The second-order valence-corrected chi connectivity index (χ2v) is 4.35. The van der Waals surface area contributed by atoms with Gasteiger partial charge in [-0.1, -0.05) is 17.7 Å². The highest BCUT2D eigenvalue weighted by atomic mass is 19.1. The van der Waals surface area contributed by atoms with Crippen molar-refractivity contribution >= 4 is 11.5 Å². The van der Waals surface area contributed by atoms with Crippen molar-refractivity contribution in [3.63, 3.8) is 0 Å². The topological polar surface area (TPSA) is 36.4 Å². The minimum atomic E-state index is -0.465. The van der Waals surface area contributed by atoms with Crippen molar-refractivity contribution in [2.24, 2.45) is 0 Å². The zero-order chi connectivity index (χ0) is 13.8. The largest absolute Gasteiger partial charge is 0.392 e. The number of aliphatic hydroxyl groups excluding tert-OH is 1. The normalized spacial score (nSPS) is 10.5. The molecule has 1 N–H and O–H groups in total. The molecule has 0 fully saturated rings. The average Bonchev–Trinajstić information content (AvgIpc) is 2.43. The van der Waals surface area contributed by atoms with Crippen molar-refractivity contribution in [2.45, 2.75) is 20.5 Å². The van der Waals surface area contributed by atoms with E-state index < -0.39 is 5.82 Å². The number of nitrogens with zero attached hydrogens (tertiary/aromatic N) is 2. The van der Waals surface area contributed by atoms with Gasteiger partial charge in [0.2, 0.25) is 0 Å². The fraction of sp³-hybridized carbons (Fsp3) is 0.267. The molecule has 0 saturated carbocycles. The van der Waals surface area contributed by atoms with Gasteiger partial charge < -0.3 is 10.0 Å². The van der Waals surface area contributed by atoms with Crippen LogP contribution in [0.1, 0.15) is 18.1 Å². The maximum atomic E-state index is 14.2. The highest BCUT2D eigenvalue weighted by Gasteiger charge is 2.16. The van der Waals surface area contributed by atoms with Crippen molar-refractivity contribution < 1.29 is 9.50 Å². The van der Waals surface area contributed by atoms with E-state index in [1.54, 1.807) is 4.90 Å². The molecule has 0 radical (unpaired) electrons. The Bertz CT molecular complexity index is 555. The summed E-state index contributed by atoms with van der Waals surface area (Å²) >= 11 is 0. The van der Waals surface area contributed by atoms with Gasteiger partial charge in [-0.05, 0) is 32.0 Å². The van der Waals surface area contributed by atoms with E-state index in [4.69, 9.17) is 5.11 Å². The molecule has 0 aliphatic heterocycles. The second kappa shape index (κ2) is 5.80. The third-order valence-corrected chi connectivity index (χ3v) is 3.04. The summed E-state index contributed by atoms with van der Waals surface area (Å²) in [6.45, 7) is 4.21. The van der Waals surface area contributed by atoms with Gasteiger partial charge in [0.25, 0.3) is 0 Å². The van der Waals surface area contributed by atoms with Crippen LogP contribution in [0.2, 0.25) is 0 Å². The Balaban J connectivity index is 2.45. The third-order valence-electron chi connectivity index (χ3n) is 3.04. The lowest BCUT2D eigenvalue weighted by Crippen LogP contribution is -2.19. The summed E-state index contributed by atoms with van der Waals surface area (Å²) in [6, 6.07) is 9.32. The fourth-order valence-electron chi connectivity index (χ4n) is 1.96. The van der Waals surface area contributed by atoms with Gasteiger partial charge in [-0.25, -0.2) is 9.37 Å². The first kappa shape index (κ1) is 13.5. The first-order valence-corrected chi connectivity index (χ1v) is 6.25. The van der Waals surface area contributed by atoms with Gasteiger partial charge in [-0.3, -0.25) is 0 Å². The van der Waals surface area contributed by atoms with Crippen LogP contribution in [-0.4, -0.2) is 16.6 Å². The van der Waals surface area contributed by atoms with Gasteiger partial charge in [0.05, 0.1) is 6.61 Å². The monoisotopic (exact) mass is 260 g/mol. The van der Waals surface area contributed by atoms with Gasteiger partial charge >= 0.3 is 0 Å². The highest BCUT2D eigenvalue weighted by molar-refractivity contribution is 5.61. The first-order valence-electron chi connectivity index (χ1n) is 6.25. The minimum Gasteiger partial charge on any atom is -0.392 e. The van der Waals surface area contributed by atoms with Crippen molar-refractivity contribution in [1.82, 2.24) is 4.98 Å². The molecule has 0 aliphatic rings.